The Morgan fingerprint density at radius 3 is 2.67 bits per heavy atom. The number of rotatable bonds is 4. The Morgan fingerprint density at radius 1 is 1.08 bits per heavy atom. The van der Waals surface area contributed by atoms with Crippen LogP contribution in [-0.2, 0) is 0 Å². The zero-order valence-corrected chi connectivity index (χ0v) is 13.5. The van der Waals surface area contributed by atoms with Crippen LogP contribution < -0.4 is 5.32 Å². The maximum absolute atomic E-state index is 5.90. The van der Waals surface area contributed by atoms with Crippen LogP contribution >= 0.6 is 0 Å². The summed E-state index contributed by atoms with van der Waals surface area (Å²) in [5.74, 6) is 1.42. The molecule has 4 aromatic rings. The topological polar surface area (TPSA) is 68.8 Å². The largest absolute Gasteiger partial charge is 0.459 e. The number of fused-ring (bicyclic) bond motifs is 1. The van der Waals surface area contributed by atoms with Gasteiger partial charge in [0.2, 0.25) is 5.95 Å². The standard InChI is InChI=1S/C18H17N5O/c1-12-7-9-15(10-8-12)23-18(20-21-22-23)19-13(2)17-11-14-5-3-4-6-16(14)24-17/h3-11,13H,1-2H3,(H,19,20,22)/t13-/m1/s1. The van der Waals surface area contributed by atoms with E-state index < -0.39 is 0 Å². The Morgan fingerprint density at radius 2 is 1.88 bits per heavy atom. The van der Waals surface area contributed by atoms with Crippen molar-refractivity contribution in [3.63, 3.8) is 0 Å². The number of aromatic nitrogens is 4. The number of nitrogens with zero attached hydrogens (tertiary/aromatic N) is 4. The van der Waals surface area contributed by atoms with Gasteiger partial charge in [-0.2, -0.15) is 4.68 Å². The van der Waals surface area contributed by atoms with Gasteiger partial charge in [0.1, 0.15) is 11.3 Å². The van der Waals surface area contributed by atoms with E-state index in [9.17, 15) is 0 Å². The predicted octanol–water partition coefficient (Wildman–Crippen LogP) is 3.89. The van der Waals surface area contributed by atoms with E-state index in [-0.39, 0.29) is 6.04 Å². The van der Waals surface area contributed by atoms with Crippen molar-refractivity contribution in [1.82, 2.24) is 20.2 Å². The maximum Gasteiger partial charge on any atom is 0.248 e. The van der Waals surface area contributed by atoms with E-state index in [1.807, 2.05) is 68.4 Å². The monoisotopic (exact) mass is 319 g/mol. The SMILES string of the molecule is Cc1ccc(-n2nnnc2N[C@H](C)c2cc3ccccc3o2)cc1. The number of tetrazole rings is 1. The van der Waals surface area contributed by atoms with Gasteiger partial charge >= 0.3 is 0 Å². The highest BCUT2D eigenvalue weighted by molar-refractivity contribution is 5.77. The second-order valence-corrected chi connectivity index (χ2v) is 5.80. The fourth-order valence-electron chi connectivity index (χ4n) is 2.62. The van der Waals surface area contributed by atoms with E-state index in [4.69, 9.17) is 4.42 Å². The lowest BCUT2D eigenvalue weighted by atomic mass is 10.2. The van der Waals surface area contributed by atoms with Gasteiger partial charge in [-0.25, -0.2) is 0 Å². The molecule has 1 N–H and O–H groups in total. The summed E-state index contributed by atoms with van der Waals surface area (Å²) in [6, 6.07) is 18.0. The van der Waals surface area contributed by atoms with Crippen LogP contribution in [0.25, 0.3) is 16.7 Å². The molecule has 0 saturated heterocycles. The molecule has 0 aliphatic carbocycles. The third kappa shape index (κ3) is 2.62. The molecule has 0 bridgehead atoms. The quantitative estimate of drug-likeness (QED) is 0.618. The fourth-order valence-corrected chi connectivity index (χ4v) is 2.62. The lowest BCUT2D eigenvalue weighted by Gasteiger charge is -2.12. The lowest BCUT2D eigenvalue weighted by Crippen LogP contribution is -2.11. The van der Waals surface area contributed by atoms with E-state index in [1.54, 1.807) is 4.68 Å². The zero-order valence-electron chi connectivity index (χ0n) is 13.5. The first-order chi connectivity index (χ1) is 11.7. The Hall–Kier alpha value is -3.15. The van der Waals surface area contributed by atoms with E-state index in [0.29, 0.717) is 5.95 Å². The Balaban J connectivity index is 1.61. The van der Waals surface area contributed by atoms with E-state index in [2.05, 4.69) is 20.8 Å². The van der Waals surface area contributed by atoms with Crippen molar-refractivity contribution in [2.75, 3.05) is 5.32 Å². The smallest absolute Gasteiger partial charge is 0.248 e. The van der Waals surface area contributed by atoms with Gasteiger partial charge in [0.05, 0.1) is 11.7 Å². The second kappa shape index (κ2) is 5.81. The van der Waals surface area contributed by atoms with Gasteiger partial charge in [-0.15, -0.1) is 0 Å². The van der Waals surface area contributed by atoms with Gasteiger partial charge in [-0.05, 0) is 48.5 Å². The molecule has 0 saturated carbocycles. The highest BCUT2D eigenvalue weighted by atomic mass is 16.3. The first-order valence-corrected chi connectivity index (χ1v) is 7.81. The van der Waals surface area contributed by atoms with Crippen LogP contribution in [0.1, 0.15) is 24.3 Å². The lowest BCUT2D eigenvalue weighted by molar-refractivity contribution is 0.524. The van der Waals surface area contributed by atoms with Crippen molar-refractivity contribution in [3.05, 3.63) is 65.9 Å². The molecule has 24 heavy (non-hydrogen) atoms. The molecule has 0 unspecified atom stereocenters. The van der Waals surface area contributed by atoms with Gasteiger partial charge < -0.3 is 9.73 Å². The molecule has 0 amide bonds. The van der Waals surface area contributed by atoms with Crippen molar-refractivity contribution in [1.29, 1.82) is 0 Å². The van der Waals surface area contributed by atoms with Crippen LogP contribution in [0.2, 0.25) is 0 Å². The van der Waals surface area contributed by atoms with Gasteiger partial charge in [0.25, 0.3) is 0 Å². The number of para-hydroxylation sites is 1. The summed E-state index contributed by atoms with van der Waals surface area (Å²) in [6.45, 7) is 4.07. The van der Waals surface area contributed by atoms with Crippen LogP contribution in [-0.4, -0.2) is 20.2 Å². The molecule has 120 valence electrons. The molecule has 6 nitrogen and oxygen atoms in total. The first-order valence-electron chi connectivity index (χ1n) is 7.81. The van der Waals surface area contributed by atoms with Crippen LogP contribution in [0.4, 0.5) is 5.95 Å². The number of aryl methyl sites for hydroxylation is 1. The van der Waals surface area contributed by atoms with Gasteiger partial charge in [0, 0.05) is 5.39 Å². The molecule has 2 aromatic heterocycles. The van der Waals surface area contributed by atoms with E-state index >= 15 is 0 Å². The molecule has 4 rings (SSSR count). The number of hydrogen-bond donors (Lipinski definition) is 1. The first kappa shape index (κ1) is 14.4. The summed E-state index contributed by atoms with van der Waals surface area (Å²) >= 11 is 0. The molecule has 0 radical (unpaired) electrons. The predicted molar refractivity (Wildman–Crippen MR) is 92.1 cm³/mol. The molecule has 0 aliphatic rings. The van der Waals surface area contributed by atoms with Crippen molar-refractivity contribution in [2.45, 2.75) is 19.9 Å². The summed E-state index contributed by atoms with van der Waals surface area (Å²) in [4.78, 5) is 0. The van der Waals surface area contributed by atoms with Crippen molar-refractivity contribution >= 4 is 16.9 Å². The average Bonchev–Trinajstić information content (AvgIpc) is 3.22. The van der Waals surface area contributed by atoms with Crippen LogP contribution in [0.3, 0.4) is 0 Å². The third-order valence-electron chi connectivity index (χ3n) is 3.97. The van der Waals surface area contributed by atoms with Crippen molar-refractivity contribution in [2.24, 2.45) is 0 Å². The number of benzene rings is 2. The molecule has 0 aliphatic heterocycles. The Kier molecular flexibility index (Phi) is 3.49. The summed E-state index contributed by atoms with van der Waals surface area (Å²) < 4.78 is 7.58. The fraction of sp³-hybridized carbons (Fsp3) is 0.167. The molecular formula is C18H17N5O. The second-order valence-electron chi connectivity index (χ2n) is 5.80. The maximum atomic E-state index is 5.90. The minimum Gasteiger partial charge on any atom is -0.459 e. The molecule has 2 aromatic carbocycles. The number of anilines is 1. The van der Waals surface area contributed by atoms with E-state index in [1.165, 1.54) is 5.56 Å². The van der Waals surface area contributed by atoms with E-state index in [0.717, 1.165) is 22.4 Å². The summed E-state index contributed by atoms with van der Waals surface area (Å²) in [6.07, 6.45) is 0. The van der Waals surface area contributed by atoms with Crippen LogP contribution in [0.15, 0.2) is 59.0 Å². The van der Waals surface area contributed by atoms with Crippen molar-refractivity contribution < 1.29 is 4.42 Å². The Labute approximate surface area is 139 Å². The number of nitrogens with one attached hydrogen (secondary N) is 1. The summed E-state index contributed by atoms with van der Waals surface area (Å²) in [5, 5.41) is 16.3. The Bertz CT molecular complexity index is 937. The van der Waals surface area contributed by atoms with Gasteiger partial charge in [0.15, 0.2) is 0 Å². The molecule has 1 atom stereocenters. The summed E-state index contributed by atoms with van der Waals surface area (Å²) in [5.41, 5.74) is 2.97. The van der Waals surface area contributed by atoms with Crippen LogP contribution in [0, 0.1) is 6.92 Å². The minimum absolute atomic E-state index is 0.0624. The molecule has 0 fully saturated rings. The van der Waals surface area contributed by atoms with Crippen LogP contribution in [0.5, 0.6) is 0 Å². The van der Waals surface area contributed by atoms with Crippen molar-refractivity contribution in [3.8, 4) is 5.69 Å². The summed E-state index contributed by atoms with van der Waals surface area (Å²) in [7, 11) is 0. The van der Waals surface area contributed by atoms with Gasteiger partial charge in [-0.3, -0.25) is 0 Å². The number of hydrogen-bond acceptors (Lipinski definition) is 5. The molecular weight excluding hydrogens is 302 g/mol. The molecule has 6 heteroatoms. The highest BCUT2D eigenvalue weighted by Gasteiger charge is 2.15. The average molecular weight is 319 g/mol. The molecule has 2 heterocycles. The number of furan rings is 1. The third-order valence-corrected chi connectivity index (χ3v) is 3.97. The van der Waals surface area contributed by atoms with Gasteiger partial charge in [-0.1, -0.05) is 41.0 Å². The normalized spacial score (nSPS) is 12.4. The minimum atomic E-state index is -0.0624. The zero-order chi connectivity index (χ0) is 16.5. The highest BCUT2D eigenvalue weighted by Crippen LogP contribution is 2.26. The molecule has 0 spiro atoms.